The minimum Gasteiger partial charge on any atom is -0.481 e. The number of carbonyl (C=O) groups excluding carboxylic acids is 4. The molecule has 0 radical (unpaired) electrons. The van der Waals surface area contributed by atoms with Crippen LogP contribution < -0.4 is 26.2 Å². The van der Waals surface area contributed by atoms with Crippen molar-refractivity contribution in [2.45, 2.75) is 123 Å². The highest BCUT2D eigenvalue weighted by molar-refractivity contribution is 7.89. The molecular formula is C67H83N8O32S10+. The Morgan fingerprint density at radius 3 is 1.23 bits per heavy atom. The average molecular weight is 1830 g/mol. The van der Waals surface area contributed by atoms with Gasteiger partial charge in [-0.05, 0) is 143 Å². The molecular weight excluding hydrogens is 1750 g/mol. The minimum atomic E-state index is -5.24. The Labute approximate surface area is 680 Å². The summed E-state index contributed by atoms with van der Waals surface area (Å²) < 4.78 is 283. The van der Waals surface area contributed by atoms with Crippen molar-refractivity contribution in [2.24, 2.45) is 0 Å². The second kappa shape index (κ2) is 37.6. The number of unbranched alkanes of at least 4 members (excludes halogenated alkanes) is 4. The zero-order valence-electron chi connectivity index (χ0n) is 62.1. The lowest BCUT2D eigenvalue weighted by atomic mass is 9.74. The van der Waals surface area contributed by atoms with Gasteiger partial charge in [0.05, 0.1) is 55.7 Å². The number of thiophene rings is 2. The molecule has 2 aromatic carbocycles. The van der Waals surface area contributed by atoms with Gasteiger partial charge in [0.25, 0.3) is 84.3 Å². The fourth-order valence-corrected chi connectivity index (χ4v) is 20.2. The highest BCUT2D eigenvalue weighted by atomic mass is 32.3. The predicted molar refractivity (Wildman–Crippen MR) is 427 cm³/mol. The molecule has 40 nitrogen and oxygen atoms in total. The van der Waals surface area contributed by atoms with E-state index in [9.17, 15) is 133 Å². The summed E-state index contributed by atoms with van der Waals surface area (Å²) in [6.45, 7) is 0.515. The summed E-state index contributed by atoms with van der Waals surface area (Å²) in [7, 11) is -39.2. The first kappa shape index (κ1) is 94.2. The summed E-state index contributed by atoms with van der Waals surface area (Å²) in [6.07, 6.45) is 2.69. The molecule has 6 aromatic rings. The van der Waals surface area contributed by atoms with Gasteiger partial charge in [0.15, 0.2) is 5.71 Å². The molecule has 4 amide bonds. The van der Waals surface area contributed by atoms with E-state index in [0.717, 1.165) is 36.4 Å². The Balaban J connectivity index is 1.45. The molecule has 2 atom stereocenters. The highest BCUT2D eigenvalue weighted by Crippen LogP contribution is 2.58. The molecule has 0 saturated carbocycles. The van der Waals surface area contributed by atoms with Gasteiger partial charge < -0.3 is 36.4 Å². The van der Waals surface area contributed by atoms with E-state index < -0.39 is 245 Å². The van der Waals surface area contributed by atoms with Crippen LogP contribution in [0, 0.1) is 0 Å². The Hall–Kier alpha value is -8.29. The molecule has 0 saturated heterocycles. The lowest BCUT2D eigenvalue weighted by Gasteiger charge is -2.30. The van der Waals surface area contributed by atoms with E-state index >= 15 is 0 Å². The Kier molecular flexibility index (Phi) is 30.2. The van der Waals surface area contributed by atoms with Gasteiger partial charge >= 0.3 is 32.2 Å². The fourth-order valence-electron chi connectivity index (χ4n) is 13.7. The van der Waals surface area contributed by atoms with Gasteiger partial charge in [-0.15, -0.1) is 22.7 Å². The molecule has 2 aliphatic heterocycles. The molecule has 8 rings (SSSR count). The molecule has 50 heteroatoms. The Morgan fingerprint density at radius 1 is 0.444 bits per heavy atom. The summed E-state index contributed by atoms with van der Waals surface area (Å²) in [5, 5.41) is 27.8. The Morgan fingerprint density at radius 2 is 0.821 bits per heavy atom. The van der Waals surface area contributed by atoms with E-state index in [1.165, 1.54) is 53.7 Å². The smallest absolute Gasteiger partial charge is 0.304 e. The van der Waals surface area contributed by atoms with Crippen LogP contribution in [0.5, 0.6) is 0 Å². The largest absolute Gasteiger partial charge is 0.481 e. The lowest BCUT2D eigenvalue weighted by Crippen LogP contribution is -2.32. The molecule has 0 fully saturated rings. The zero-order chi connectivity index (χ0) is 87.0. The molecule has 4 aromatic heterocycles. The first-order valence-corrected chi connectivity index (χ1v) is 49.5. The van der Waals surface area contributed by atoms with Gasteiger partial charge in [-0.25, -0.2) is 9.97 Å². The van der Waals surface area contributed by atoms with Crippen LogP contribution in [0.15, 0.2) is 80.9 Å². The predicted octanol–water partition coefficient (Wildman–Crippen LogP) is 5.18. The standard InChI is InChI=1S/C67H82N8O32S10/c1-66(18-10-26-110(84,85)86)46-36-42(40-32-48(62(80)68-20-7-3-5-16-54(76)77)72-50(34-40)64(82)70-22-30-114(96,97)98)60-44(38-56(108-60)116(102,103)104)58(46)74(24-12-28-112(90,91)92)52(66)14-9-15-53-67(2,19-11-27-111(87,88)89)47-37-43(61-45(39-57(109-61)117(105,106)107)59(47)75(53)25-13-29-113(93,94)95)41-33-49(63(81)69-21-8-4-6-17-55(78)79)73-51(35-41)65(83)71-23-31-115(99,100)101/h9,14-15,32-39H,3-8,10-13,16-31H2,1-2H3,(H13-,68,69,70,71,76,77,78,79,80,81,82,83,84,85,86,87,88,89,90,91,92,93,94,95,96,97,98,99,100,101,102,103,104,105,106,107)/p+1. The summed E-state index contributed by atoms with van der Waals surface area (Å²) in [5.74, 6) is -12.2. The number of carboxylic acids is 2. The number of pyridine rings is 2. The van der Waals surface area contributed by atoms with Crippen molar-refractivity contribution in [3.63, 3.8) is 0 Å². The van der Waals surface area contributed by atoms with Crippen LogP contribution in [0.4, 0.5) is 11.4 Å². The van der Waals surface area contributed by atoms with E-state index in [2.05, 4.69) is 31.2 Å². The fraction of sp³-hybridized carbons (Fsp3) is 0.448. The molecule has 0 aliphatic carbocycles. The number of amides is 4. The number of nitrogens with one attached hydrogen (secondary N) is 4. The van der Waals surface area contributed by atoms with Crippen molar-refractivity contribution in [2.75, 3.05) is 78.7 Å². The SMILES string of the molecule is CC1(CCCS(=O)(=O)O)C(/C=C/C=C2/N(CCCS(=O)(=O)O)c3c(cc(-c4cc(C(=O)NCCCCCC(=O)O)nc(C(=O)NCCS(=O)(=O)O)c4)c4sc(S(=O)(=O)O)cc34)C2(C)CCCS(=O)(=O)O)=[N+](CCCS(=O)(=O)O)c2c1cc(-c1cc(C(=O)NCCCCCC(=O)O)nc(C(=O)NCCS(=O)(=O)O)c1)c1sc(S(=O)(=O)O)cc21. The topological polar surface area (TPSA) is 658 Å². The third kappa shape index (κ3) is 25.9. The molecule has 2 aliphatic rings. The molecule has 2 unspecified atom stereocenters. The highest BCUT2D eigenvalue weighted by Gasteiger charge is 2.51. The second-order valence-electron chi connectivity index (χ2n) is 27.8. The van der Waals surface area contributed by atoms with E-state index in [-0.39, 0.29) is 141 Å². The maximum Gasteiger partial charge on any atom is 0.304 e. The van der Waals surface area contributed by atoms with Crippen LogP contribution >= 0.6 is 22.7 Å². The molecule has 6 heterocycles. The molecule has 14 N–H and O–H groups in total. The van der Waals surface area contributed by atoms with Gasteiger partial charge in [-0.2, -0.15) is 71.9 Å². The quantitative estimate of drug-likeness (QED) is 0.0133. The van der Waals surface area contributed by atoms with Crippen molar-refractivity contribution in [1.29, 1.82) is 0 Å². The zero-order valence-corrected chi connectivity index (χ0v) is 70.2. The summed E-state index contributed by atoms with van der Waals surface area (Å²) >= 11 is 0.857. The van der Waals surface area contributed by atoms with E-state index in [4.69, 9.17) is 10.2 Å². The first-order chi connectivity index (χ1) is 54.1. The van der Waals surface area contributed by atoms with Gasteiger partial charge in [-0.3, -0.25) is 65.2 Å². The number of rotatable bonds is 44. The van der Waals surface area contributed by atoms with Gasteiger partial charge in [-0.1, -0.05) is 18.9 Å². The number of carboxylic acid groups (broad SMARTS) is 2. The number of aromatic nitrogens is 2. The summed E-state index contributed by atoms with van der Waals surface area (Å²) in [6, 6.07) is 9.34. The number of nitrogens with zero attached hydrogens (tertiary/aromatic N) is 4. The van der Waals surface area contributed by atoms with Crippen molar-refractivity contribution in [3.8, 4) is 22.3 Å². The normalized spacial score (nSPS) is 16.6. The number of carbonyl (C=O) groups is 6. The number of allylic oxidation sites excluding steroid dienone is 4. The first-order valence-electron chi connectivity index (χ1n) is 35.4. The number of fused-ring (bicyclic) bond motifs is 6. The van der Waals surface area contributed by atoms with E-state index in [1.54, 1.807) is 0 Å². The number of benzene rings is 2. The molecule has 0 spiro atoms. The van der Waals surface area contributed by atoms with Crippen molar-refractivity contribution >= 4 is 176 Å². The van der Waals surface area contributed by atoms with Crippen LogP contribution in [-0.2, 0) is 101 Å². The third-order valence-corrected chi connectivity index (χ3v) is 28.5. The van der Waals surface area contributed by atoms with Gasteiger partial charge in [0.2, 0.25) is 5.69 Å². The molecule has 642 valence electrons. The van der Waals surface area contributed by atoms with Crippen LogP contribution in [0.3, 0.4) is 0 Å². The van der Waals surface area contributed by atoms with Gasteiger partial charge in [0, 0.05) is 96.0 Å². The molecule has 117 heavy (non-hydrogen) atoms. The number of hydrogen-bond donors (Lipinski definition) is 14. The van der Waals surface area contributed by atoms with Crippen molar-refractivity contribution in [1.82, 2.24) is 31.2 Å². The maximum absolute atomic E-state index is 14.1. The number of anilines is 1. The third-order valence-electron chi connectivity index (χ3n) is 18.9. The summed E-state index contributed by atoms with van der Waals surface area (Å²) in [5.41, 5.74) is -5.89. The number of hydrogen-bond acceptors (Lipinski definition) is 27. The van der Waals surface area contributed by atoms with Crippen molar-refractivity contribution in [3.05, 3.63) is 106 Å². The summed E-state index contributed by atoms with van der Waals surface area (Å²) in [4.78, 5) is 88.6. The number of aliphatic carboxylic acids is 2. The van der Waals surface area contributed by atoms with E-state index in [1.807, 2.05) is 0 Å². The van der Waals surface area contributed by atoms with Crippen LogP contribution in [-0.4, -0.2) is 244 Å². The van der Waals surface area contributed by atoms with Gasteiger partial charge in [0.1, 0.15) is 37.7 Å². The average Bonchev–Trinajstić information content (AvgIpc) is 1.55. The lowest BCUT2D eigenvalue weighted by molar-refractivity contribution is -0.435. The Bertz CT molecular complexity index is 6030. The minimum absolute atomic E-state index is 0.00402. The molecule has 0 bridgehead atoms. The van der Waals surface area contributed by atoms with E-state index in [0.29, 0.717) is 35.5 Å². The maximum atomic E-state index is 14.1. The van der Waals surface area contributed by atoms with Crippen LogP contribution in [0.1, 0.15) is 157 Å². The van der Waals surface area contributed by atoms with Crippen LogP contribution in [0.2, 0.25) is 0 Å². The van der Waals surface area contributed by atoms with Crippen LogP contribution in [0.25, 0.3) is 42.4 Å². The monoisotopic (exact) mass is 1830 g/mol. The second-order valence-corrected chi connectivity index (χ2v) is 42.6. The van der Waals surface area contributed by atoms with Crippen molar-refractivity contribution < 1.29 is 147 Å².